The van der Waals surface area contributed by atoms with Crippen LogP contribution in [0.25, 0.3) is 11.4 Å². The molecule has 1 aromatic heterocycles. The van der Waals surface area contributed by atoms with Gasteiger partial charge in [0.25, 0.3) is 5.91 Å². The summed E-state index contributed by atoms with van der Waals surface area (Å²) in [5.41, 5.74) is 12.0. The number of nitrogens with one attached hydrogen (secondary N) is 2. The number of aromatic nitrogens is 4. The molecule has 0 bridgehead atoms. The molecule has 0 fully saturated rings. The van der Waals surface area contributed by atoms with Gasteiger partial charge in [-0.1, -0.05) is 58.6 Å². The standard InChI is InChI=1S/C15H10Cl4N6O.CH3NS/c16-9-3-8(4-10(17)5-9)15-22-24-25(23-15)7-14(26)21-20-11-1-2-12(18)13(19)6-11;2-1-3/h1-6,20H,7H2,(H,21,26);1H,(H2,2,3). The first-order chi connectivity index (χ1) is 13.8. The van der Waals surface area contributed by atoms with Crippen molar-refractivity contribution in [3.8, 4) is 11.4 Å². The number of hydrogen-bond acceptors (Lipinski definition) is 6. The van der Waals surface area contributed by atoms with E-state index in [0.717, 1.165) is 10.3 Å². The van der Waals surface area contributed by atoms with Crippen molar-refractivity contribution < 1.29 is 4.79 Å². The summed E-state index contributed by atoms with van der Waals surface area (Å²) in [5.74, 6) is -0.0798. The molecule has 0 aliphatic rings. The average Bonchev–Trinajstić information content (AvgIpc) is 3.11. The lowest BCUT2D eigenvalue weighted by molar-refractivity contribution is -0.121. The topological polar surface area (TPSA) is 111 Å². The molecule has 0 aliphatic heterocycles. The van der Waals surface area contributed by atoms with Crippen molar-refractivity contribution in [1.29, 1.82) is 0 Å². The molecule has 3 aromatic rings. The van der Waals surface area contributed by atoms with E-state index in [1.54, 1.807) is 36.4 Å². The molecule has 0 spiro atoms. The number of nitrogens with zero attached hydrogens (tertiary/aromatic N) is 4. The Labute approximate surface area is 191 Å². The Morgan fingerprint density at radius 3 is 2.38 bits per heavy atom. The van der Waals surface area contributed by atoms with E-state index in [9.17, 15) is 4.79 Å². The molecule has 2 aromatic carbocycles. The van der Waals surface area contributed by atoms with Crippen molar-refractivity contribution in [2.45, 2.75) is 6.54 Å². The second-order valence-electron chi connectivity index (χ2n) is 5.24. The Morgan fingerprint density at radius 1 is 1.10 bits per heavy atom. The van der Waals surface area contributed by atoms with E-state index in [1.807, 2.05) is 0 Å². The van der Waals surface area contributed by atoms with Crippen LogP contribution >= 0.6 is 58.6 Å². The van der Waals surface area contributed by atoms with Crippen molar-refractivity contribution in [2.24, 2.45) is 5.73 Å². The molecule has 0 unspecified atom stereocenters. The zero-order valence-corrected chi connectivity index (χ0v) is 18.3. The first-order valence-electron chi connectivity index (χ1n) is 7.72. The Bertz CT molecular complexity index is 994. The zero-order chi connectivity index (χ0) is 21.4. The van der Waals surface area contributed by atoms with Crippen LogP contribution in [-0.2, 0) is 11.3 Å². The lowest BCUT2D eigenvalue weighted by Gasteiger charge is -2.08. The van der Waals surface area contributed by atoms with Crippen molar-refractivity contribution in [2.75, 3.05) is 5.43 Å². The molecule has 0 saturated carbocycles. The van der Waals surface area contributed by atoms with Crippen LogP contribution in [0, 0.1) is 0 Å². The van der Waals surface area contributed by atoms with E-state index < -0.39 is 0 Å². The third kappa shape index (κ3) is 7.30. The summed E-state index contributed by atoms with van der Waals surface area (Å²) in [6, 6.07) is 9.77. The molecular formula is C16H13Cl4N7OS. The maximum Gasteiger partial charge on any atom is 0.261 e. The fourth-order valence-corrected chi connectivity index (χ4v) is 2.82. The monoisotopic (exact) mass is 491 g/mol. The molecule has 1 heterocycles. The van der Waals surface area contributed by atoms with Gasteiger partial charge in [-0.15, -0.1) is 10.2 Å². The van der Waals surface area contributed by atoms with Gasteiger partial charge in [0, 0.05) is 15.6 Å². The van der Waals surface area contributed by atoms with Crippen LogP contribution < -0.4 is 16.6 Å². The molecule has 4 N–H and O–H groups in total. The maximum absolute atomic E-state index is 12.0. The summed E-state index contributed by atoms with van der Waals surface area (Å²) in [5, 5.41) is 13.6. The van der Waals surface area contributed by atoms with Gasteiger partial charge >= 0.3 is 0 Å². The normalized spacial score (nSPS) is 9.93. The van der Waals surface area contributed by atoms with Crippen molar-refractivity contribution in [3.05, 3.63) is 56.5 Å². The first kappa shape index (κ1) is 23.1. The summed E-state index contributed by atoms with van der Waals surface area (Å²) >= 11 is 27.7. The molecule has 0 atom stereocenters. The number of nitrogens with two attached hydrogens (primary N) is 1. The second-order valence-corrected chi connectivity index (χ2v) is 7.20. The summed E-state index contributed by atoms with van der Waals surface area (Å²) in [7, 11) is 0. The van der Waals surface area contributed by atoms with Gasteiger partial charge in [-0.25, -0.2) is 0 Å². The van der Waals surface area contributed by atoms with Gasteiger partial charge in [-0.2, -0.15) is 4.80 Å². The van der Waals surface area contributed by atoms with E-state index in [0.29, 0.717) is 37.2 Å². The minimum absolute atomic E-state index is 0.143. The predicted octanol–water partition coefficient (Wildman–Crippen LogP) is 4.00. The highest BCUT2D eigenvalue weighted by molar-refractivity contribution is 7.78. The SMILES string of the molecule is NC=S.O=C(Cn1nnc(-c2cc(Cl)cc(Cl)c2)n1)NNc1ccc(Cl)c(Cl)c1. The predicted molar refractivity (Wildman–Crippen MR) is 119 cm³/mol. The molecule has 0 aliphatic carbocycles. The number of hydrogen-bond donors (Lipinski definition) is 3. The number of benzene rings is 2. The van der Waals surface area contributed by atoms with Gasteiger partial charge in [-0.05, 0) is 41.6 Å². The average molecular weight is 493 g/mol. The Hall–Kier alpha value is -2.17. The lowest BCUT2D eigenvalue weighted by Crippen LogP contribution is -2.33. The van der Waals surface area contributed by atoms with Crippen LogP contribution in [0.4, 0.5) is 5.69 Å². The number of halogens is 4. The third-order valence-electron chi connectivity index (χ3n) is 3.12. The fraction of sp³-hybridized carbons (Fsp3) is 0.0625. The first-order valence-corrected chi connectivity index (χ1v) is 9.70. The third-order valence-corrected chi connectivity index (χ3v) is 4.30. The Balaban J connectivity index is 0.000000941. The quantitative estimate of drug-likeness (QED) is 0.364. The lowest BCUT2D eigenvalue weighted by atomic mass is 10.2. The summed E-state index contributed by atoms with van der Waals surface area (Å²) in [4.78, 5) is 13.1. The minimum atomic E-state index is -0.385. The number of amides is 1. The van der Waals surface area contributed by atoms with Gasteiger partial charge < -0.3 is 5.73 Å². The van der Waals surface area contributed by atoms with Crippen molar-refractivity contribution >= 4 is 75.7 Å². The van der Waals surface area contributed by atoms with Gasteiger partial charge in [0.2, 0.25) is 5.82 Å². The van der Waals surface area contributed by atoms with Crippen LogP contribution in [0.3, 0.4) is 0 Å². The summed E-state index contributed by atoms with van der Waals surface area (Å²) in [6.45, 7) is -0.143. The number of rotatable bonds is 5. The molecular weight excluding hydrogens is 480 g/mol. The maximum atomic E-state index is 12.0. The van der Waals surface area contributed by atoms with Crippen molar-refractivity contribution in [3.63, 3.8) is 0 Å². The number of hydrazine groups is 1. The van der Waals surface area contributed by atoms with E-state index in [-0.39, 0.29) is 12.5 Å². The molecule has 0 radical (unpaired) electrons. The van der Waals surface area contributed by atoms with Gasteiger partial charge in [0.15, 0.2) is 0 Å². The number of anilines is 1. The molecule has 8 nitrogen and oxygen atoms in total. The smallest absolute Gasteiger partial charge is 0.261 e. The van der Waals surface area contributed by atoms with Gasteiger partial charge in [0.1, 0.15) is 6.54 Å². The second kappa shape index (κ2) is 11.1. The van der Waals surface area contributed by atoms with E-state index in [2.05, 4.69) is 44.2 Å². The van der Waals surface area contributed by atoms with Crippen LogP contribution in [0.5, 0.6) is 0 Å². The highest BCUT2D eigenvalue weighted by atomic mass is 35.5. The van der Waals surface area contributed by atoms with E-state index in [4.69, 9.17) is 46.4 Å². The molecule has 13 heteroatoms. The van der Waals surface area contributed by atoms with Gasteiger partial charge in [0.05, 0.1) is 21.2 Å². The van der Waals surface area contributed by atoms with Gasteiger partial charge in [-0.3, -0.25) is 15.6 Å². The zero-order valence-electron chi connectivity index (χ0n) is 14.4. The van der Waals surface area contributed by atoms with Crippen LogP contribution in [0.1, 0.15) is 0 Å². The number of tetrazole rings is 1. The largest absolute Gasteiger partial charge is 0.396 e. The highest BCUT2D eigenvalue weighted by Gasteiger charge is 2.11. The van der Waals surface area contributed by atoms with E-state index >= 15 is 0 Å². The molecule has 0 saturated heterocycles. The highest BCUT2D eigenvalue weighted by Crippen LogP contribution is 2.25. The Kier molecular flexibility index (Phi) is 8.87. The number of carbonyl (C=O) groups is 1. The summed E-state index contributed by atoms with van der Waals surface area (Å²) in [6.07, 6.45) is 0. The molecule has 29 heavy (non-hydrogen) atoms. The summed E-state index contributed by atoms with van der Waals surface area (Å²) < 4.78 is 0. The molecule has 152 valence electrons. The molecule has 1 amide bonds. The van der Waals surface area contributed by atoms with E-state index in [1.165, 1.54) is 0 Å². The van der Waals surface area contributed by atoms with Crippen LogP contribution in [0.2, 0.25) is 20.1 Å². The Morgan fingerprint density at radius 2 is 1.76 bits per heavy atom. The minimum Gasteiger partial charge on any atom is -0.396 e. The van der Waals surface area contributed by atoms with Crippen LogP contribution in [-0.4, -0.2) is 31.6 Å². The van der Waals surface area contributed by atoms with Crippen molar-refractivity contribution in [1.82, 2.24) is 25.6 Å². The van der Waals surface area contributed by atoms with Crippen LogP contribution in [0.15, 0.2) is 36.4 Å². The number of thiocarbonyl (C=S) groups is 1. The fourth-order valence-electron chi connectivity index (χ4n) is 1.99. The molecule has 3 rings (SSSR count). The number of carbonyl (C=O) groups excluding carboxylic acids is 1.